The first-order chi connectivity index (χ1) is 14.7. The van der Waals surface area contributed by atoms with E-state index in [0.717, 1.165) is 66.4 Å². The third kappa shape index (κ3) is 2.63. The van der Waals surface area contributed by atoms with E-state index >= 15 is 0 Å². The van der Waals surface area contributed by atoms with Gasteiger partial charge in [-0.1, -0.05) is 0 Å². The molecule has 0 aliphatic heterocycles. The lowest BCUT2D eigenvalue weighted by molar-refractivity contribution is 0.657. The number of pyridine rings is 2. The number of hydrogen-bond donors (Lipinski definition) is 2. The second kappa shape index (κ2) is 6.33. The highest BCUT2D eigenvalue weighted by atomic mass is 32.1. The third-order valence-electron chi connectivity index (χ3n) is 5.06. The Balaban J connectivity index is 1.52. The lowest BCUT2D eigenvalue weighted by atomic mass is 10.1. The van der Waals surface area contributed by atoms with Crippen molar-refractivity contribution < 1.29 is 4.39 Å². The number of nitrogens with zero attached hydrogens (tertiary/aromatic N) is 5. The Hall–Kier alpha value is -3.85. The van der Waals surface area contributed by atoms with E-state index in [1.165, 1.54) is 6.07 Å². The molecular formula is C21H14FN7S. The van der Waals surface area contributed by atoms with Crippen LogP contribution in [0.5, 0.6) is 0 Å². The molecule has 0 unspecified atom stereocenters. The zero-order valence-electron chi connectivity index (χ0n) is 15.7. The summed E-state index contributed by atoms with van der Waals surface area (Å²) in [5.41, 5.74) is 5.92. The molecule has 0 atom stereocenters. The van der Waals surface area contributed by atoms with E-state index in [0.29, 0.717) is 0 Å². The van der Waals surface area contributed by atoms with Crippen LogP contribution < -0.4 is 0 Å². The van der Waals surface area contributed by atoms with Gasteiger partial charge in [-0.05, 0) is 30.3 Å². The number of halogens is 1. The van der Waals surface area contributed by atoms with E-state index in [9.17, 15) is 4.39 Å². The van der Waals surface area contributed by atoms with Gasteiger partial charge in [-0.3, -0.25) is 19.7 Å². The largest absolute Gasteiger partial charge is 0.353 e. The molecule has 0 bridgehead atoms. The molecule has 6 aromatic heterocycles. The molecular weight excluding hydrogens is 401 g/mol. The minimum atomic E-state index is -0.228. The van der Waals surface area contributed by atoms with Crippen LogP contribution >= 0.6 is 11.3 Å². The van der Waals surface area contributed by atoms with Gasteiger partial charge in [-0.25, -0.2) is 0 Å². The molecule has 6 rings (SSSR count). The van der Waals surface area contributed by atoms with Crippen LogP contribution in [0.25, 0.3) is 55.0 Å². The summed E-state index contributed by atoms with van der Waals surface area (Å²) in [6, 6.07) is 9.13. The topological polar surface area (TPSA) is 88.1 Å². The van der Waals surface area contributed by atoms with Gasteiger partial charge in [0.25, 0.3) is 0 Å². The molecule has 0 saturated carbocycles. The van der Waals surface area contributed by atoms with E-state index in [1.807, 2.05) is 31.4 Å². The number of hydrogen-bond acceptors (Lipinski definition) is 5. The molecule has 6 heterocycles. The number of thiophene rings is 1. The average Bonchev–Trinajstić information content (AvgIpc) is 3.52. The van der Waals surface area contributed by atoms with Gasteiger partial charge in [0.2, 0.25) is 0 Å². The van der Waals surface area contributed by atoms with Crippen LogP contribution in [0.3, 0.4) is 0 Å². The van der Waals surface area contributed by atoms with E-state index in [4.69, 9.17) is 0 Å². The zero-order chi connectivity index (χ0) is 20.2. The highest BCUT2D eigenvalue weighted by Gasteiger charge is 2.16. The number of nitrogens with one attached hydrogen (secondary N) is 2. The molecule has 30 heavy (non-hydrogen) atoms. The van der Waals surface area contributed by atoms with Gasteiger partial charge in [-0.2, -0.15) is 14.6 Å². The van der Waals surface area contributed by atoms with Crippen molar-refractivity contribution in [3.05, 3.63) is 60.3 Å². The summed E-state index contributed by atoms with van der Waals surface area (Å²) in [6.45, 7) is 0. The van der Waals surface area contributed by atoms with Crippen LogP contribution in [0, 0.1) is 5.13 Å². The van der Waals surface area contributed by atoms with Gasteiger partial charge in [0, 0.05) is 41.3 Å². The van der Waals surface area contributed by atoms with Crippen molar-refractivity contribution >= 4 is 33.1 Å². The smallest absolute Gasteiger partial charge is 0.177 e. The molecule has 6 aromatic rings. The Labute approximate surface area is 173 Å². The van der Waals surface area contributed by atoms with Crippen molar-refractivity contribution in [3.63, 3.8) is 0 Å². The molecule has 0 saturated heterocycles. The van der Waals surface area contributed by atoms with Gasteiger partial charge in [0.15, 0.2) is 5.13 Å². The van der Waals surface area contributed by atoms with E-state index in [2.05, 4.69) is 30.2 Å². The Morgan fingerprint density at radius 2 is 1.90 bits per heavy atom. The molecule has 0 radical (unpaired) electrons. The maximum atomic E-state index is 13.6. The minimum absolute atomic E-state index is 0.228. The van der Waals surface area contributed by atoms with Gasteiger partial charge in [-0.15, -0.1) is 11.3 Å². The first kappa shape index (κ1) is 17.0. The van der Waals surface area contributed by atoms with Gasteiger partial charge >= 0.3 is 0 Å². The fourth-order valence-electron chi connectivity index (χ4n) is 3.65. The Morgan fingerprint density at radius 1 is 1.00 bits per heavy atom. The number of aryl methyl sites for hydroxylation is 1. The predicted octanol–water partition coefficient (Wildman–Crippen LogP) is 4.77. The van der Waals surface area contributed by atoms with E-state index in [-0.39, 0.29) is 5.13 Å². The molecule has 0 spiro atoms. The quantitative estimate of drug-likeness (QED) is 0.436. The van der Waals surface area contributed by atoms with Crippen molar-refractivity contribution in [1.82, 2.24) is 34.9 Å². The highest BCUT2D eigenvalue weighted by Crippen LogP contribution is 2.35. The summed E-state index contributed by atoms with van der Waals surface area (Å²) in [5.74, 6) is 0. The lowest BCUT2D eigenvalue weighted by Crippen LogP contribution is -1.85. The maximum absolute atomic E-state index is 13.6. The molecule has 7 nitrogen and oxygen atoms in total. The summed E-state index contributed by atoms with van der Waals surface area (Å²) < 4.78 is 15.3. The van der Waals surface area contributed by atoms with Crippen LogP contribution in [0.2, 0.25) is 0 Å². The van der Waals surface area contributed by atoms with Gasteiger partial charge in [0.05, 0.1) is 39.9 Å². The molecule has 9 heteroatoms. The molecule has 0 aromatic carbocycles. The second-order valence-electron chi connectivity index (χ2n) is 7.00. The molecule has 0 fully saturated rings. The van der Waals surface area contributed by atoms with Crippen molar-refractivity contribution in [3.8, 4) is 33.2 Å². The predicted molar refractivity (Wildman–Crippen MR) is 114 cm³/mol. The molecule has 2 N–H and O–H groups in total. The number of H-pyrrole nitrogens is 2. The first-order valence-electron chi connectivity index (χ1n) is 9.23. The van der Waals surface area contributed by atoms with Gasteiger partial charge in [0.1, 0.15) is 5.69 Å². The SMILES string of the molecule is Cn1cc(-c2cc3c(-c4cc5c(-c6ccc(F)s6)nccc5[nH]4)n[nH]c3cn2)cn1. The van der Waals surface area contributed by atoms with Crippen molar-refractivity contribution in [1.29, 1.82) is 0 Å². The number of fused-ring (bicyclic) bond motifs is 2. The summed E-state index contributed by atoms with van der Waals surface area (Å²) in [6.07, 6.45) is 7.21. The van der Waals surface area contributed by atoms with E-state index in [1.54, 1.807) is 29.3 Å². The normalized spacial score (nSPS) is 11.7. The Morgan fingerprint density at radius 3 is 2.70 bits per heavy atom. The van der Waals surface area contributed by atoms with Crippen LogP contribution in [0.15, 0.2) is 55.1 Å². The van der Waals surface area contributed by atoms with Crippen molar-refractivity contribution in [2.75, 3.05) is 0 Å². The lowest BCUT2D eigenvalue weighted by Gasteiger charge is -1.98. The summed E-state index contributed by atoms with van der Waals surface area (Å²) >= 11 is 1.09. The first-order valence-corrected chi connectivity index (χ1v) is 10.0. The number of aromatic nitrogens is 7. The fourth-order valence-corrected chi connectivity index (χ4v) is 4.39. The van der Waals surface area contributed by atoms with Crippen LogP contribution in [0.4, 0.5) is 4.39 Å². The maximum Gasteiger partial charge on any atom is 0.177 e. The second-order valence-corrected chi connectivity index (χ2v) is 8.03. The standard InChI is InChI=1S/C21H14FN7S/c1-29-10-11(8-25-29)15-6-13-17(9-24-15)27-28-20(13)16-7-12-14(26-16)4-5-23-21(12)18-2-3-19(22)30-18/h2-10,26H,1H3,(H,27,28). The Kier molecular flexibility index (Phi) is 3.59. The van der Waals surface area contributed by atoms with Crippen molar-refractivity contribution in [2.45, 2.75) is 0 Å². The molecule has 0 aliphatic rings. The van der Waals surface area contributed by atoms with Gasteiger partial charge < -0.3 is 4.98 Å². The zero-order valence-corrected chi connectivity index (χ0v) is 16.5. The van der Waals surface area contributed by atoms with Crippen LogP contribution in [-0.4, -0.2) is 34.9 Å². The van der Waals surface area contributed by atoms with E-state index < -0.39 is 0 Å². The summed E-state index contributed by atoms with van der Waals surface area (Å²) in [5, 5.41) is 13.4. The number of rotatable bonds is 3. The third-order valence-corrected chi connectivity index (χ3v) is 5.94. The monoisotopic (exact) mass is 415 g/mol. The van der Waals surface area contributed by atoms with Crippen LogP contribution in [0.1, 0.15) is 0 Å². The Bertz CT molecular complexity index is 1540. The number of aromatic amines is 2. The average molecular weight is 415 g/mol. The van der Waals surface area contributed by atoms with Crippen molar-refractivity contribution in [2.24, 2.45) is 7.05 Å². The molecule has 0 amide bonds. The fraction of sp³-hybridized carbons (Fsp3) is 0.0476. The van der Waals surface area contributed by atoms with Crippen LogP contribution in [-0.2, 0) is 7.05 Å². The summed E-state index contributed by atoms with van der Waals surface area (Å²) in [7, 11) is 1.88. The molecule has 0 aliphatic carbocycles. The minimum Gasteiger partial charge on any atom is -0.353 e. The summed E-state index contributed by atoms with van der Waals surface area (Å²) in [4.78, 5) is 13.2. The molecule has 146 valence electrons. The highest BCUT2D eigenvalue weighted by molar-refractivity contribution is 7.13.